The predicted molar refractivity (Wildman–Crippen MR) is 111 cm³/mol. The number of fused-ring (bicyclic) bond motifs is 1. The number of carbonyl (C=O) groups excluding carboxylic acids is 1. The molecule has 1 saturated heterocycles. The number of aryl methyl sites for hydroxylation is 2. The first-order valence-corrected chi connectivity index (χ1v) is 11.2. The van der Waals surface area contributed by atoms with Gasteiger partial charge in [0.05, 0.1) is 11.3 Å². The van der Waals surface area contributed by atoms with Crippen LogP contribution >= 0.6 is 11.3 Å². The second-order valence-corrected chi connectivity index (χ2v) is 9.04. The zero-order valence-electron chi connectivity index (χ0n) is 17.1. The van der Waals surface area contributed by atoms with Gasteiger partial charge < -0.3 is 14.7 Å². The Labute approximate surface area is 170 Å². The topological polar surface area (TPSA) is 61.6 Å². The first kappa shape index (κ1) is 19.6. The summed E-state index contributed by atoms with van der Waals surface area (Å²) in [5.41, 5.74) is 4.31. The number of hydrogen-bond acceptors (Lipinski definition) is 6. The number of nitrogens with one attached hydrogen (secondary N) is 1. The molecule has 28 heavy (non-hydrogen) atoms. The summed E-state index contributed by atoms with van der Waals surface area (Å²) >= 11 is 1.72. The molecule has 0 saturated carbocycles. The van der Waals surface area contributed by atoms with E-state index in [1.54, 1.807) is 11.3 Å². The van der Waals surface area contributed by atoms with Crippen LogP contribution in [0.25, 0.3) is 0 Å². The number of hydrogen-bond donors (Lipinski definition) is 1. The van der Waals surface area contributed by atoms with Crippen LogP contribution in [0, 0.1) is 13.8 Å². The van der Waals surface area contributed by atoms with Crippen LogP contribution in [0.3, 0.4) is 0 Å². The summed E-state index contributed by atoms with van der Waals surface area (Å²) in [5, 5.41) is 9.39. The Hall–Kier alpha value is -1.70. The molecular weight excluding hydrogens is 372 g/mol. The van der Waals surface area contributed by atoms with Gasteiger partial charge in [-0.05, 0) is 45.2 Å². The molecule has 2 aromatic rings. The van der Waals surface area contributed by atoms with Gasteiger partial charge in [0.1, 0.15) is 5.76 Å². The Kier molecular flexibility index (Phi) is 5.85. The normalized spacial score (nSPS) is 20.5. The molecule has 1 N–H and O–H groups in total. The van der Waals surface area contributed by atoms with E-state index in [1.807, 2.05) is 13.8 Å². The smallest absolute Gasteiger partial charge is 0.252 e. The average Bonchev–Trinajstić information content (AvgIpc) is 3.37. The van der Waals surface area contributed by atoms with Gasteiger partial charge in [-0.1, -0.05) is 12.1 Å². The summed E-state index contributed by atoms with van der Waals surface area (Å²) in [6.45, 7) is 12.1. The maximum Gasteiger partial charge on any atom is 0.252 e. The van der Waals surface area contributed by atoms with Crippen LogP contribution in [0.2, 0.25) is 0 Å². The van der Waals surface area contributed by atoms with Gasteiger partial charge in [-0.3, -0.25) is 9.69 Å². The fraction of sp³-hybridized carbons (Fsp3) is 0.619. The Morgan fingerprint density at radius 2 is 2.21 bits per heavy atom. The van der Waals surface area contributed by atoms with Gasteiger partial charge in [-0.25, -0.2) is 0 Å². The average molecular weight is 403 g/mol. The van der Waals surface area contributed by atoms with E-state index >= 15 is 0 Å². The van der Waals surface area contributed by atoms with E-state index in [4.69, 9.17) is 4.52 Å². The molecule has 2 aliphatic rings. The quantitative estimate of drug-likeness (QED) is 0.804. The van der Waals surface area contributed by atoms with E-state index in [2.05, 4.69) is 32.6 Å². The van der Waals surface area contributed by atoms with Gasteiger partial charge in [0.25, 0.3) is 5.91 Å². The van der Waals surface area contributed by atoms with Crippen molar-refractivity contribution < 1.29 is 9.32 Å². The minimum absolute atomic E-state index is 0.111. The van der Waals surface area contributed by atoms with Crippen LogP contribution < -0.4 is 5.32 Å². The van der Waals surface area contributed by atoms with E-state index in [-0.39, 0.29) is 11.9 Å². The van der Waals surface area contributed by atoms with E-state index in [1.165, 1.54) is 22.4 Å². The van der Waals surface area contributed by atoms with Gasteiger partial charge in [0.2, 0.25) is 0 Å². The molecule has 0 radical (unpaired) electrons. The summed E-state index contributed by atoms with van der Waals surface area (Å²) in [6.07, 6.45) is 3.16. The summed E-state index contributed by atoms with van der Waals surface area (Å²) < 4.78 is 5.30. The molecule has 6 nitrogen and oxygen atoms in total. The first-order chi connectivity index (χ1) is 13.5. The molecule has 7 heteroatoms. The number of amides is 1. The van der Waals surface area contributed by atoms with E-state index < -0.39 is 0 Å². The van der Waals surface area contributed by atoms with Gasteiger partial charge in [0.15, 0.2) is 0 Å². The number of thiophene rings is 1. The minimum atomic E-state index is 0.111. The monoisotopic (exact) mass is 402 g/mol. The van der Waals surface area contributed by atoms with Crippen molar-refractivity contribution in [3.05, 3.63) is 38.4 Å². The first-order valence-electron chi connectivity index (χ1n) is 10.3. The third kappa shape index (κ3) is 4.02. The number of nitrogens with zero attached hydrogens (tertiary/aromatic N) is 3. The molecule has 0 bridgehead atoms. The lowest BCUT2D eigenvalue weighted by Gasteiger charge is -2.27. The van der Waals surface area contributed by atoms with Crippen molar-refractivity contribution in [2.24, 2.45) is 0 Å². The van der Waals surface area contributed by atoms with Crippen molar-refractivity contribution in [3.63, 3.8) is 0 Å². The molecule has 0 spiro atoms. The fourth-order valence-electron chi connectivity index (χ4n) is 4.39. The molecule has 2 aromatic heterocycles. The maximum atomic E-state index is 12.9. The molecule has 1 amide bonds. The molecule has 1 atom stereocenters. The third-order valence-electron chi connectivity index (χ3n) is 5.98. The lowest BCUT2D eigenvalue weighted by atomic mass is 10.0. The van der Waals surface area contributed by atoms with E-state index in [9.17, 15) is 4.79 Å². The number of aromatic nitrogens is 1. The van der Waals surface area contributed by atoms with Crippen LogP contribution in [0.5, 0.6) is 0 Å². The SMILES string of the molecule is CCCN1CCC(NC(=O)c2csc3c2CCN(Cc2c(C)noc2C)C3)C1. The van der Waals surface area contributed by atoms with Gasteiger partial charge in [0, 0.05) is 54.6 Å². The van der Waals surface area contributed by atoms with E-state index in [0.717, 1.165) is 69.1 Å². The van der Waals surface area contributed by atoms with Crippen molar-refractivity contribution in [3.8, 4) is 0 Å². The highest BCUT2D eigenvalue weighted by molar-refractivity contribution is 7.10. The van der Waals surface area contributed by atoms with Gasteiger partial charge in [-0.2, -0.15) is 0 Å². The molecule has 0 aliphatic carbocycles. The van der Waals surface area contributed by atoms with Crippen molar-refractivity contribution in [2.75, 3.05) is 26.2 Å². The predicted octanol–water partition coefficient (Wildman–Crippen LogP) is 3.13. The van der Waals surface area contributed by atoms with Crippen molar-refractivity contribution >= 4 is 17.2 Å². The highest BCUT2D eigenvalue weighted by Gasteiger charge is 2.28. The summed E-state index contributed by atoms with van der Waals surface area (Å²) in [7, 11) is 0. The molecule has 152 valence electrons. The molecule has 2 aliphatic heterocycles. The highest BCUT2D eigenvalue weighted by atomic mass is 32.1. The Balaban J connectivity index is 1.38. The number of rotatable bonds is 6. The minimum Gasteiger partial charge on any atom is -0.361 e. The Bertz CT molecular complexity index is 824. The molecule has 4 rings (SSSR count). The van der Waals surface area contributed by atoms with Crippen LogP contribution in [-0.4, -0.2) is 53.1 Å². The van der Waals surface area contributed by atoms with Crippen molar-refractivity contribution in [1.82, 2.24) is 20.3 Å². The molecule has 0 aromatic carbocycles. The summed E-state index contributed by atoms with van der Waals surface area (Å²) in [6, 6.07) is 0.286. The molecule has 1 fully saturated rings. The van der Waals surface area contributed by atoms with Gasteiger partial charge in [-0.15, -0.1) is 11.3 Å². The van der Waals surface area contributed by atoms with E-state index in [0.29, 0.717) is 0 Å². The summed E-state index contributed by atoms with van der Waals surface area (Å²) in [5.74, 6) is 1.02. The molecule has 1 unspecified atom stereocenters. The lowest BCUT2D eigenvalue weighted by Crippen LogP contribution is -2.38. The van der Waals surface area contributed by atoms with Crippen LogP contribution in [-0.2, 0) is 19.5 Å². The van der Waals surface area contributed by atoms with Crippen LogP contribution in [0.4, 0.5) is 0 Å². The fourth-order valence-corrected chi connectivity index (χ4v) is 5.51. The Morgan fingerprint density at radius 1 is 1.36 bits per heavy atom. The zero-order valence-corrected chi connectivity index (χ0v) is 17.9. The highest BCUT2D eigenvalue weighted by Crippen LogP contribution is 2.30. The summed E-state index contributed by atoms with van der Waals surface area (Å²) in [4.78, 5) is 19.1. The standard InChI is InChI=1S/C21H30N4O2S/c1-4-7-24-8-5-16(10-24)22-21(26)19-13-28-20-12-25(9-6-17(19)20)11-18-14(2)23-27-15(18)3/h13,16H,4-12H2,1-3H3,(H,22,26). The number of likely N-dealkylation sites (tertiary alicyclic amines) is 1. The molecule has 4 heterocycles. The Morgan fingerprint density at radius 3 is 2.96 bits per heavy atom. The second kappa shape index (κ2) is 8.35. The van der Waals surface area contributed by atoms with Crippen LogP contribution in [0.15, 0.2) is 9.90 Å². The molecular formula is C21H30N4O2S. The van der Waals surface area contributed by atoms with Crippen LogP contribution in [0.1, 0.15) is 57.6 Å². The van der Waals surface area contributed by atoms with Crippen molar-refractivity contribution in [2.45, 2.75) is 59.2 Å². The largest absolute Gasteiger partial charge is 0.361 e. The zero-order chi connectivity index (χ0) is 19.7. The second-order valence-electron chi connectivity index (χ2n) is 8.07. The third-order valence-corrected chi connectivity index (χ3v) is 6.99. The lowest BCUT2D eigenvalue weighted by molar-refractivity contribution is 0.0936. The number of carbonyl (C=O) groups is 1. The maximum absolute atomic E-state index is 12.9. The van der Waals surface area contributed by atoms with Gasteiger partial charge >= 0.3 is 0 Å². The van der Waals surface area contributed by atoms with Crippen molar-refractivity contribution in [1.29, 1.82) is 0 Å².